The fourth-order valence-electron chi connectivity index (χ4n) is 2.25. The van der Waals surface area contributed by atoms with Crippen LogP contribution in [-0.4, -0.2) is 30.4 Å². The van der Waals surface area contributed by atoms with Gasteiger partial charge in [-0.3, -0.25) is 4.79 Å². The van der Waals surface area contributed by atoms with Crippen molar-refractivity contribution in [3.8, 4) is 0 Å². The van der Waals surface area contributed by atoms with Crippen LogP contribution >= 0.6 is 12.4 Å². The summed E-state index contributed by atoms with van der Waals surface area (Å²) in [5, 5.41) is 0. The first-order valence-corrected chi connectivity index (χ1v) is 6.37. The first-order valence-electron chi connectivity index (χ1n) is 6.37. The summed E-state index contributed by atoms with van der Waals surface area (Å²) in [5.74, 6) is -1.44. The van der Waals surface area contributed by atoms with Crippen LogP contribution in [0, 0.1) is 17.6 Å². The Morgan fingerprint density at radius 1 is 1.50 bits per heavy atom. The minimum atomic E-state index is -0.474. The van der Waals surface area contributed by atoms with Crippen LogP contribution in [0.1, 0.15) is 24.8 Å². The normalized spacial score (nSPS) is 21.9. The molecule has 0 bridgehead atoms. The van der Waals surface area contributed by atoms with Crippen molar-refractivity contribution in [2.24, 2.45) is 11.7 Å². The van der Waals surface area contributed by atoms with E-state index in [-0.39, 0.29) is 36.2 Å². The van der Waals surface area contributed by atoms with Crippen molar-refractivity contribution in [2.45, 2.75) is 25.3 Å². The van der Waals surface area contributed by atoms with Crippen LogP contribution < -0.4 is 5.73 Å². The monoisotopic (exact) mass is 304 g/mol. The topological polar surface area (TPSA) is 46.3 Å². The second-order valence-electron chi connectivity index (χ2n) is 5.15. The van der Waals surface area contributed by atoms with Crippen molar-refractivity contribution in [3.63, 3.8) is 0 Å². The molecule has 0 heterocycles. The smallest absolute Gasteiger partial charge is 0.226 e. The maximum atomic E-state index is 13.6. The molecule has 20 heavy (non-hydrogen) atoms. The zero-order chi connectivity index (χ0) is 14.2. The number of hydrogen-bond acceptors (Lipinski definition) is 2. The number of amides is 1. The predicted molar refractivity (Wildman–Crippen MR) is 75.7 cm³/mol. The van der Waals surface area contributed by atoms with E-state index < -0.39 is 11.6 Å². The number of rotatable bonds is 4. The van der Waals surface area contributed by atoms with E-state index in [0.29, 0.717) is 18.5 Å². The van der Waals surface area contributed by atoms with Crippen molar-refractivity contribution < 1.29 is 13.6 Å². The maximum Gasteiger partial charge on any atom is 0.226 e. The molecule has 0 aromatic heterocycles. The highest BCUT2D eigenvalue weighted by molar-refractivity contribution is 5.85. The molecule has 112 valence electrons. The van der Waals surface area contributed by atoms with Gasteiger partial charge in [0.15, 0.2) is 0 Å². The van der Waals surface area contributed by atoms with Gasteiger partial charge in [-0.25, -0.2) is 8.78 Å². The predicted octanol–water partition coefficient (Wildman–Crippen LogP) is 2.30. The summed E-state index contributed by atoms with van der Waals surface area (Å²) in [6.07, 6.45) is 0.570. The molecule has 0 radical (unpaired) electrons. The number of nitrogens with two attached hydrogens (primary N) is 1. The van der Waals surface area contributed by atoms with E-state index in [1.807, 2.05) is 6.92 Å². The van der Waals surface area contributed by atoms with Gasteiger partial charge in [0.2, 0.25) is 5.91 Å². The van der Waals surface area contributed by atoms with E-state index in [4.69, 9.17) is 5.73 Å². The lowest BCUT2D eigenvalue weighted by Gasteiger charge is -2.23. The summed E-state index contributed by atoms with van der Waals surface area (Å²) < 4.78 is 26.7. The molecule has 1 saturated carbocycles. The summed E-state index contributed by atoms with van der Waals surface area (Å²) in [4.78, 5) is 13.7. The molecule has 1 aliphatic rings. The zero-order valence-electron chi connectivity index (χ0n) is 11.5. The Balaban J connectivity index is 0.00000200. The molecule has 1 aliphatic carbocycles. The van der Waals surface area contributed by atoms with E-state index in [0.717, 1.165) is 12.1 Å². The Morgan fingerprint density at radius 2 is 2.15 bits per heavy atom. The Morgan fingerprint density at radius 3 is 2.75 bits per heavy atom. The Bertz CT molecular complexity index is 498. The van der Waals surface area contributed by atoms with Crippen LogP contribution in [0.3, 0.4) is 0 Å². The van der Waals surface area contributed by atoms with Crippen molar-refractivity contribution in [1.82, 2.24) is 4.90 Å². The quantitative estimate of drug-likeness (QED) is 0.928. The minimum Gasteiger partial charge on any atom is -0.342 e. The van der Waals surface area contributed by atoms with E-state index in [1.165, 1.54) is 6.07 Å². The number of nitrogens with zero attached hydrogens (tertiary/aromatic N) is 1. The summed E-state index contributed by atoms with van der Waals surface area (Å²) in [7, 11) is 1.69. The molecule has 3 unspecified atom stereocenters. The highest BCUT2D eigenvalue weighted by Gasteiger charge is 2.46. The minimum absolute atomic E-state index is 0. The molecule has 2 rings (SSSR count). The van der Waals surface area contributed by atoms with E-state index in [1.54, 1.807) is 11.9 Å². The molecule has 1 amide bonds. The fourth-order valence-corrected chi connectivity index (χ4v) is 2.25. The van der Waals surface area contributed by atoms with Gasteiger partial charge in [0.1, 0.15) is 11.6 Å². The van der Waals surface area contributed by atoms with Crippen LogP contribution in [-0.2, 0) is 4.79 Å². The van der Waals surface area contributed by atoms with Gasteiger partial charge in [0, 0.05) is 25.6 Å². The molecule has 1 aromatic rings. The van der Waals surface area contributed by atoms with Gasteiger partial charge < -0.3 is 10.6 Å². The molecular formula is C14H19ClF2N2O. The van der Waals surface area contributed by atoms with Crippen molar-refractivity contribution in [2.75, 3.05) is 13.6 Å². The number of carbonyl (C=O) groups excluding carboxylic acids is 1. The number of hydrogen-bond donors (Lipinski definition) is 1. The maximum absolute atomic E-state index is 13.6. The first-order chi connectivity index (χ1) is 8.95. The van der Waals surface area contributed by atoms with Crippen molar-refractivity contribution in [3.05, 3.63) is 35.4 Å². The largest absolute Gasteiger partial charge is 0.342 e. The van der Waals surface area contributed by atoms with Crippen LogP contribution in [0.25, 0.3) is 0 Å². The van der Waals surface area contributed by atoms with Gasteiger partial charge in [0.05, 0.1) is 0 Å². The van der Waals surface area contributed by atoms with Gasteiger partial charge in [-0.15, -0.1) is 12.4 Å². The molecule has 6 heteroatoms. The summed E-state index contributed by atoms with van der Waals surface area (Å²) >= 11 is 0. The van der Waals surface area contributed by atoms with Gasteiger partial charge in [0.25, 0.3) is 0 Å². The molecule has 0 saturated heterocycles. The molecule has 0 spiro atoms. The molecule has 3 atom stereocenters. The Labute approximate surface area is 123 Å². The van der Waals surface area contributed by atoms with Crippen LogP contribution in [0.4, 0.5) is 8.78 Å². The lowest BCUT2D eigenvalue weighted by molar-refractivity contribution is -0.133. The second-order valence-corrected chi connectivity index (χ2v) is 5.15. The standard InChI is InChI=1S/C14H18F2N2O.ClH/c1-8(7-17)18(2)14(19)12-6-10(12)11-5-9(15)3-4-13(11)16;/h3-5,8,10,12H,6-7,17H2,1-2H3;1H. The van der Waals surface area contributed by atoms with Gasteiger partial charge in [-0.1, -0.05) is 0 Å². The van der Waals surface area contributed by atoms with E-state index in [9.17, 15) is 13.6 Å². The molecule has 1 fully saturated rings. The lowest BCUT2D eigenvalue weighted by Crippen LogP contribution is -2.40. The average molecular weight is 305 g/mol. The number of benzene rings is 1. The SMILES string of the molecule is CC(CN)N(C)C(=O)C1CC1c1cc(F)ccc1F.Cl. The lowest BCUT2D eigenvalue weighted by atomic mass is 10.1. The summed E-state index contributed by atoms with van der Waals surface area (Å²) in [6, 6.07) is 3.32. The third kappa shape index (κ3) is 3.27. The van der Waals surface area contributed by atoms with Crippen LogP contribution in [0.5, 0.6) is 0 Å². The summed E-state index contributed by atoms with van der Waals surface area (Å²) in [5.41, 5.74) is 5.82. The molecule has 2 N–H and O–H groups in total. The van der Waals surface area contributed by atoms with Crippen molar-refractivity contribution >= 4 is 18.3 Å². The van der Waals surface area contributed by atoms with Crippen molar-refractivity contribution in [1.29, 1.82) is 0 Å². The van der Waals surface area contributed by atoms with Gasteiger partial charge >= 0.3 is 0 Å². The summed E-state index contributed by atoms with van der Waals surface area (Å²) in [6.45, 7) is 2.24. The molecule has 0 aliphatic heterocycles. The van der Waals surface area contributed by atoms with E-state index in [2.05, 4.69) is 0 Å². The number of carbonyl (C=O) groups is 1. The molecule has 3 nitrogen and oxygen atoms in total. The first kappa shape index (κ1) is 16.9. The van der Waals surface area contributed by atoms with E-state index >= 15 is 0 Å². The number of likely N-dealkylation sites (N-methyl/N-ethyl adjacent to an activating group) is 1. The molecule has 1 aromatic carbocycles. The molecular weight excluding hydrogens is 286 g/mol. The third-order valence-corrected chi connectivity index (χ3v) is 3.82. The van der Waals surface area contributed by atoms with Gasteiger partial charge in [-0.05, 0) is 43.0 Å². The number of halogens is 3. The average Bonchev–Trinajstić information content (AvgIpc) is 3.19. The van der Waals surface area contributed by atoms with Crippen LogP contribution in [0.15, 0.2) is 18.2 Å². The van der Waals surface area contributed by atoms with Crippen LogP contribution in [0.2, 0.25) is 0 Å². The van der Waals surface area contributed by atoms with Gasteiger partial charge in [-0.2, -0.15) is 0 Å². The Kier molecular flexibility index (Phi) is 5.48. The highest BCUT2D eigenvalue weighted by atomic mass is 35.5. The third-order valence-electron chi connectivity index (χ3n) is 3.82. The zero-order valence-corrected chi connectivity index (χ0v) is 12.3. The Hall–Kier alpha value is -1.20. The second kappa shape index (κ2) is 6.50. The fraction of sp³-hybridized carbons (Fsp3) is 0.500. The highest BCUT2D eigenvalue weighted by Crippen LogP contribution is 2.49.